The number of nitrogens with one attached hydrogen (secondary N) is 1. The highest BCUT2D eigenvalue weighted by molar-refractivity contribution is 8.00. The van der Waals surface area contributed by atoms with Crippen LogP contribution in [-0.2, 0) is 11.8 Å². The zero-order chi connectivity index (χ0) is 16.3. The van der Waals surface area contributed by atoms with Crippen molar-refractivity contribution in [1.29, 1.82) is 0 Å². The number of anilines is 1. The number of amides is 1. The first-order valence-electron chi connectivity index (χ1n) is 6.99. The van der Waals surface area contributed by atoms with E-state index in [4.69, 9.17) is 0 Å². The maximum atomic E-state index is 12.2. The van der Waals surface area contributed by atoms with E-state index in [1.807, 2.05) is 24.3 Å². The van der Waals surface area contributed by atoms with E-state index in [0.717, 1.165) is 17.4 Å². The Hall–Kier alpha value is -2.02. The van der Waals surface area contributed by atoms with Gasteiger partial charge in [-0.1, -0.05) is 30.7 Å². The molecule has 0 spiro atoms. The van der Waals surface area contributed by atoms with Crippen molar-refractivity contribution in [2.75, 3.05) is 5.32 Å². The normalized spacial score (nSPS) is 12.4. The van der Waals surface area contributed by atoms with E-state index >= 15 is 0 Å². The number of carbonyl (C=O) groups is 1. The van der Waals surface area contributed by atoms with E-state index in [1.54, 1.807) is 14.0 Å². The van der Waals surface area contributed by atoms with E-state index in [-0.39, 0.29) is 5.91 Å². The number of thioether (sulfide) groups is 1. The summed E-state index contributed by atoms with van der Waals surface area (Å²) in [5.74, 6) is -0.264. The first-order valence-corrected chi connectivity index (χ1v) is 7.87. The number of carbonyl (C=O) groups excluding carboxylic acids is 1. The molecule has 2 rings (SSSR count). The van der Waals surface area contributed by atoms with Crippen molar-refractivity contribution in [3.05, 3.63) is 29.8 Å². The van der Waals surface area contributed by atoms with Crippen LogP contribution in [0.5, 0.6) is 5.95 Å². The molecule has 0 aliphatic carbocycles. The molecule has 1 atom stereocenters. The minimum Gasteiger partial charge on any atom is -0.538 e. The van der Waals surface area contributed by atoms with Crippen molar-refractivity contribution in [3.8, 4) is 5.95 Å². The first kappa shape index (κ1) is 16.4. The van der Waals surface area contributed by atoms with Gasteiger partial charge in [0.15, 0.2) is 13.0 Å². The van der Waals surface area contributed by atoms with Gasteiger partial charge in [-0.25, -0.2) is 0 Å². The second-order valence-electron chi connectivity index (χ2n) is 5.32. The van der Waals surface area contributed by atoms with Gasteiger partial charge in [-0.15, -0.1) is 0 Å². The molecule has 0 aliphatic heterocycles. The second kappa shape index (κ2) is 6.83. The molecule has 1 heterocycles. The second-order valence-corrected chi connectivity index (χ2v) is 6.64. The van der Waals surface area contributed by atoms with Crippen LogP contribution in [0.2, 0.25) is 0 Å². The molecule has 0 saturated heterocycles. The van der Waals surface area contributed by atoms with Crippen molar-refractivity contribution in [2.45, 2.75) is 37.0 Å². The Kier molecular flexibility index (Phi) is 5.07. The molecule has 1 aromatic carbocycles. The van der Waals surface area contributed by atoms with Gasteiger partial charge in [-0.3, -0.25) is 4.79 Å². The fourth-order valence-corrected chi connectivity index (χ4v) is 2.67. The highest BCUT2D eigenvalue weighted by Gasteiger charge is 2.22. The predicted octanol–water partition coefficient (Wildman–Crippen LogP) is 1.82. The number of hydrogen-bond donors (Lipinski definition) is 1. The van der Waals surface area contributed by atoms with Crippen LogP contribution in [0.15, 0.2) is 33.8 Å². The third-order valence-electron chi connectivity index (χ3n) is 3.22. The van der Waals surface area contributed by atoms with Crippen LogP contribution in [0.1, 0.15) is 32.3 Å². The summed E-state index contributed by atoms with van der Waals surface area (Å²) in [5.41, 5.74) is 1.95. The van der Waals surface area contributed by atoms with Crippen molar-refractivity contribution < 1.29 is 19.1 Å². The lowest BCUT2D eigenvalue weighted by Crippen LogP contribution is -2.33. The summed E-state index contributed by atoms with van der Waals surface area (Å²) in [6.45, 7) is 5.96. The van der Waals surface area contributed by atoms with Crippen LogP contribution < -0.4 is 15.1 Å². The topological polar surface area (TPSA) is 82.1 Å². The molecule has 22 heavy (non-hydrogen) atoms. The summed E-state index contributed by atoms with van der Waals surface area (Å²) in [7, 11) is 1.60. The summed E-state index contributed by atoms with van der Waals surface area (Å²) in [4.78, 5) is 12.2. The fraction of sp³-hybridized carbons (Fsp3) is 0.400. The molecular formula is C15H19N3O3S. The number of benzene rings is 1. The summed E-state index contributed by atoms with van der Waals surface area (Å²) < 4.78 is 5.86. The Balaban J connectivity index is 1.99. The summed E-state index contributed by atoms with van der Waals surface area (Å²) in [6.07, 6.45) is 0. The predicted molar refractivity (Wildman–Crippen MR) is 81.6 cm³/mol. The van der Waals surface area contributed by atoms with E-state index in [1.165, 1.54) is 10.2 Å². The van der Waals surface area contributed by atoms with Crippen LogP contribution in [0.25, 0.3) is 0 Å². The molecule has 7 heteroatoms. The monoisotopic (exact) mass is 321 g/mol. The van der Waals surface area contributed by atoms with Crippen molar-refractivity contribution >= 4 is 23.4 Å². The third kappa shape index (κ3) is 3.79. The van der Waals surface area contributed by atoms with Gasteiger partial charge in [-0.05, 0) is 42.3 Å². The van der Waals surface area contributed by atoms with Gasteiger partial charge >= 0.3 is 0 Å². The zero-order valence-electron chi connectivity index (χ0n) is 13.0. The Morgan fingerprint density at radius 1 is 1.32 bits per heavy atom. The van der Waals surface area contributed by atoms with Gasteiger partial charge in [0.05, 0.1) is 10.5 Å². The SMILES string of the molecule is CC(Sc1c([O-])on[n+]1C)C(=O)Nc1ccc(C(C)C)cc1. The van der Waals surface area contributed by atoms with Gasteiger partial charge < -0.3 is 14.9 Å². The van der Waals surface area contributed by atoms with Crippen LogP contribution >= 0.6 is 11.8 Å². The van der Waals surface area contributed by atoms with E-state index in [0.29, 0.717) is 10.9 Å². The smallest absolute Gasteiger partial charge is 0.291 e. The minimum absolute atomic E-state index is 0.178. The molecule has 1 N–H and O–H groups in total. The van der Waals surface area contributed by atoms with Crippen LogP contribution in [-0.4, -0.2) is 16.4 Å². The molecule has 0 radical (unpaired) electrons. The molecule has 6 nitrogen and oxygen atoms in total. The van der Waals surface area contributed by atoms with E-state index < -0.39 is 11.2 Å². The fourth-order valence-electron chi connectivity index (χ4n) is 1.85. The molecular weight excluding hydrogens is 302 g/mol. The quantitative estimate of drug-likeness (QED) is 0.671. The Morgan fingerprint density at radius 2 is 1.95 bits per heavy atom. The highest BCUT2D eigenvalue weighted by atomic mass is 32.2. The van der Waals surface area contributed by atoms with Gasteiger partial charge in [0, 0.05) is 5.69 Å². The Morgan fingerprint density at radius 3 is 2.45 bits per heavy atom. The highest BCUT2D eigenvalue weighted by Crippen LogP contribution is 2.26. The van der Waals surface area contributed by atoms with E-state index in [2.05, 4.69) is 29.0 Å². The van der Waals surface area contributed by atoms with Gasteiger partial charge in [0.1, 0.15) is 0 Å². The summed E-state index contributed by atoms with van der Waals surface area (Å²) >= 11 is 1.12. The van der Waals surface area contributed by atoms with Crippen LogP contribution in [0.3, 0.4) is 0 Å². The number of aryl methyl sites for hydroxylation is 1. The Bertz CT molecular complexity index is 633. The van der Waals surface area contributed by atoms with Crippen molar-refractivity contribution in [3.63, 3.8) is 0 Å². The first-order chi connectivity index (χ1) is 10.4. The lowest BCUT2D eigenvalue weighted by atomic mass is 10.0. The average molecular weight is 321 g/mol. The maximum Gasteiger partial charge on any atom is 0.291 e. The Labute approximate surface area is 133 Å². The number of nitrogens with zero attached hydrogens (tertiary/aromatic N) is 2. The molecule has 2 aromatic rings. The van der Waals surface area contributed by atoms with Crippen molar-refractivity contribution in [1.82, 2.24) is 5.27 Å². The molecule has 0 bridgehead atoms. The maximum absolute atomic E-state index is 12.2. The number of aromatic nitrogens is 2. The van der Waals surface area contributed by atoms with Gasteiger partial charge in [-0.2, -0.15) is 0 Å². The van der Waals surface area contributed by atoms with Gasteiger partial charge in [0.25, 0.3) is 5.03 Å². The van der Waals surface area contributed by atoms with E-state index in [9.17, 15) is 9.90 Å². The van der Waals surface area contributed by atoms with Crippen LogP contribution in [0, 0.1) is 0 Å². The summed E-state index contributed by atoms with van der Waals surface area (Å²) in [5, 5.41) is 17.7. The molecule has 1 unspecified atom stereocenters. The third-order valence-corrected chi connectivity index (χ3v) is 4.44. The largest absolute Gasteiger partial charge is 0.538 e. The molecule has 0 aliphatic rings. The number of rotatable bonds is 5. The molecule has 118 valence electrons. The standard InChI is InChI=1S/C15H19N3O3S/c1-9(2)11-5-7-12(8-6-11)16-13(19)10(3)22-14-15(20)21-17-18(14)4/h5-10H,1-4H3,(H-,16,17,19,20). The van der Waals surface area contributed by atoms with Crippen LogP contribution in [0.4, 0.5) is 5.69 Å². The molecule has 0 fully saturated rings. The lowest BCUT2D eigenvalue weighted by Gasteiger charge is -2.11. The molecule has 0 saturated carbocycles. The van der Waals surface area contributed by atoms with Gasteiger partial charge in [0.2, 0.25) is 5.91 Å². The molecule has 1 aromatic heterocycles. The average Bonchev–Trinajstić information content (AvgIpc) is 2.79. The minimum atomic E-state index is -0.534. The zero-order valence-corrected chi connectivity index (χ0v) is 13.8. The molecule has 1 amide bonds. The summed E-state index contributed by atoms with van der Waals surface area (Å²) in [6, 6.07) is 7.74. The number of hydrogen-bond acceptors (Lipinski definition) is 5. The lowest BCUT2D eigenvalue weighted by molar-refractivity contribution is -0.772. The van der Waals surface area contributed by atoms with Crippen molar-refractivity contribution in [2.24, 2.45) is 7.05 Å².